The summed E-state index contributed by atoms with van der Waals surface area (Å²) in [4.78, 5) is 2.43. The largest absolute Gasteiger partial charge is 0.455 e. The van der Waals surface area contributed by atoms with Gasteiger partial charge in [0.2, 0.25) is 0 Å². The molecule has 0 amide bonds. The first kappa shape index (κ1) is 35.7. The molecule has 63 heavy (non-hydrogen) atoms. The molecule has 0 radical (unpaired) electrons. The highest BCUT2D eigenvalue weighted by Gasteiger charge is 2.24. The second-order valence-corrected chi connectivity index (χ2v) is 17.4. The van der Waals surface area contributed by atoms with E-state index in [9.17, 15) is 0 Å². The van der Waals surface area contributed by atoms with Crippen LogP contribution in [0.25, 0.3) is 108 Å². The molecule has 0 N–H and O–H groups in total. The molecule has 294 valence electrons. The number of thiophene rings is 1. The van der Waals surface area contributed by atoms with Crippen molar-refractivity contribution in [3.05, 3.63) is 224 Å². The molecule has 0 saturated carbocycles. The van der Waals surface area contributed by atoms with Crippen molar-refractivity contribution in [1.29, 1.82) is 0 Å². The number of hydrogen-bond acceptors (Lipinski definition) is 3. The first-order valence-electron chi connectivity index (χ1n) is 21.5. The second-order valence-electron chi connectivity index (χ2n) is 16.4. The topological polar surface area (TPSA) is 16.4 Å². The Balaban J connectivity index is 1.05. The monoisotopic (exact) mass is 819 g/mol. The van der Waals surface area contributed by atoms with Crippen molar-refractivity contribution in [3.8, 4) is 33.4 Å². The van der Waals surface area contributed by atoms with Gasteiger partial charge in [0, 0.05) is 42.5 Å². The van der Waals surface area contributed by atoms with Crippen molar-refractivity contribution in [1.82, 2.24) is 0 Å². The van der Waals surface area contributed by atoms with Crippen LogP contribution in [0.5, 0.6) is 0 Å². The second kappa shape index (κ2) is 14.3. The molecule has 0 fully saturated rings. The maximum Gasteiger partial charge on any atom is 0.145 e. The number of benzene rings is 11. The Morgan fingerprint density at radius 2 is 0.952 bits per heavy atom. The lowest BCUT2D eigenvalue weighted by Crippen LogP contribution is -2.10. The predicted molar refractivity (Wildman–Crippen MR) is 270 cm³/mol. The minimum Gasteiger partial charge on any atom is -0.455 e. The van der Waals surface area contributed by atoms with E-state index in [0.717, 1.165) is 50.1 Å². The molecule has 0 aliphatic rings. The summed E-state index contributed by atoms with van der Waals surface area (Å²) in [5.41, 5.74) is 12.1. The number of anilines is 3. The Bertz CT molecular complexity index is 3910. The number of hydrogen-bond donors (Lipinski definition) is 0. The van der Waals surface area contributed by atoms with Gasteiger partial charge >= 0.3 is 0 Å². The first-order chi connectivity index (χ1) is 31.2. The minimum absolute atomic E-state index is 0.868. The fourth-order valence-corrected chi connectivity index (χ4v) is 11.2. The lowest BCUT2D eigenvalue weighted by molar-refractivity contribution is 0.670. The number of rotatable bonds is 6. The van der Waals surface area contributed by atoms with Gasteiger partial charge in [-0.2, -0.15) is 0 Å². The Morgan fingerprint density at radius 1 is 0.349 bits per heavy atom. The van der Waals surface area contributed by atoms with Crippen LogP contribution in [0.15, 0.2) is 229 Å². The van der Waals surface area contributed by atoms with E-state index in [-0.39, 0.29) is 0 Å². The Labute approximate surface area is 368 Å². The number of para-hydroxylation sites is 1. The van der Waals surface area contributed by atoms with E-state index in [1.165, 1.54) is 74.7 Å². The summed E-state index contributed by atoms with van der Waals surface area (Å²) in [6, 6.07) is 81.6. The third kappa shape index (κ3) is 5.71. The number of nitrogens with zero attached hydrogens (tertiary/aromatic N) is 1. The van der Waals surface area contributed by atoms with Crippen molar-refractivity contribution in [2.45, 2.75) is 0 Å². The Morgan fingerprint density at radius 3 is 1.79 bits per heavy atom. The van der Waals surface area contributed by atoms with E-state index in [4.69, 9.17) is 4.42 Å². The lowest BCUT2D eigenvalue weighted by Gasteiger charge is -2.27. The number of furan rings is 1. The zero-order chi connectivity index (χ0) is 41.4. The molecule has 2 heterocycles. The third-order valence-electron chi connectivity index (χ3n) is 12.9. The molecule has 2 aromatic heterocycles. The molecule has 2 nitrogen and oxygen atoms in total. The normalized spacial score (nSPS) is 11.8. The fraction of sp³-hybridized carbons (Fsp3) is 0. The molecule has 0 unspecified atom stereocenters. The van der Waals surface area contributed by atoms with Crippen LogP contribution in [0.4, 0.5) is 17.1 Å². The van der Waals surface area contributed by atoms with Gasteiger partial charge in [0.1, 0.15) is 11.2 Å². The smallest absolute Gasteiger partial charge is 0.145 e. The molecule has 13 aromatic rings. The van der Waals surface area contributed by atoms with Crippen LogP contribution < -0.4 is 4.90 Å². The van der Waals surface area contributed by atoms with Gasteiger partial charge in [0.05, 0.1) is 11.1 Å². The zero-order valence-electron chi connectivity index (χ0n) is 34.1. The van der Waals surface area contributed by atoms with Gasteiger partial charge in [-0.25, -0.2) is 0 Å². The fourth-order valence-electron chi connectivity index (χ4n) is 9.93. The van der Waals surface area contributed by atoms with E-state index in [1.807, 2.05) is 11.3 Å². The van der Waals surface area contributed by atoms with Crippen molar-refractivity contribution < 1.29 is 4.42 Å². The Kier molecular flexibility index (Phi) is 8.12. The third-order valence-corrected chi connectivity index (χ3v) is 14.1. The van der Waals surface area contributed by atoms with Crippen LogP contribution in [-0.2, 0) is 0 Å². The van der Waals surface area contributed by atoms with Gasteiger partial charge in [-0.1, -0.05) is 176 Å². The molecular formula is C60H37NOS. The summed E-state index contributed by atoms with van der Waals surface area (Å²) in [5.74, 6) is 0. The predicted octanol–water partition coefficient (Wildman–Crippen LogP) is 17.9. The van der Waals surface area contributed by atoms with Gasteiger partial charge in [-0.05, 0) is 109 Å². The van der Waals surface area contributed by atoms with Gasteiger partial charge in [0.15, 0.2) is 0 Å². The van der Waals surface area contributed by atoms with E-state index >= 15 is 0 Å². The van der Waals surface area contributed by atoms with Gasteiger partial charge in [-0.3, -0.25) is 0 Å². The molecule has 0 spiro atoms. The molecule has 0 aliphatic carbocycles. The van der Waals surface area contributed by atoms with E-state index in [1.54, 1.807) is 0 Å². The summed E-state index contributed by atoms with van der Waals surface area (Å²) in [5, 5.41) is 12.1. The maximum atomic E-state index is 6.94. The summed E-state index contributed by atoms with van der Waals surface area (Å²) in [6.07, 6.45) is 0. The van der Waals surface area contributed by atoms with Crippen molar-refractivity contribution >= 4 is 103 Å². The standard InChI is InChI=1S/C60H37NOS/c1-2-13-39(14-3-1)48-34-33-47(57-52-21-9-11-24-56(52)63-60(48)57)41-27-30-43(31-28-41)61(44-32-29-42-26-25-40-16-5-7-19-46(40)53(42)37-44)54-36-35-50(49-22-12-17-38-15-4-6-18-45(38)49)59-58(54)51-20-8-10-23-55(51)62-59/h1-37H. The lowest BCUT2D eigenvalue weighted by atomic mass is 9.94. The maximum absolute atomic E-state index is 6.94. The Hall–Kier alpha value is -7.98. The average molecular weight is 820 g/mol. The number of fused-ring (bicyclic) bond motifs is 10. The van der Waals surface area contributed by atoms with Crippen molar-refractivity contribution in [2.24, 2.45) is 0 Å². The van der Waals surface area contributed by atoms with E-state index < -0.39 is 0 Å². The summed E-state index contributed by atoms with van der Waals surface area (Å²) < 4.78 is 9.55. The first-order valence-corrected chi connectivity index (χ1v) is 22.3. The van der Waals surface area contributed by atoms with Crippen LogP contribution in [0.3, 0.4) is 0 Å². The highest BCUT2D eigenvalue weighted by molar-refractivity contribution is 7.26. The van der Waals surface area contributed by atoms with Gasteiger partial charge < -0.3 is 9.32 Å². The van der Waals surface area contributed by atoms with Gasteiger partial charge in [-0.15, -0.1) is 11.3 Å². The van der Waals surface area contributed by atoms with Crippen LogP contribution >= 0.6 is 11.3 Å². The summed E-state index contributed by atoms with van der Waals surface area (Å²) in [7, 11) is 0. The quantitative estimate of drug-likeness (QED) is 0.155. The zero-order valence-corrected chi connectivity index (χ0v) is 34.9. The van der Waals surface area contributed by atoms with Crippen molar-refractivity contribution in [2.75, 3.05) is 4.90 Å². The highest BCUT2D eigenvalue weighted by atomic mass is 32.1. The molecular weight excluding hydrogens is 783 g/mol. The van der Waals surface area contributed by atoms with Gasteiger partial charge in [0.25, 0.3) is 0 Å². The van der Waals surface area contributed by atoms with E-state index in [0.29, 0.717) is 0 Å². The SMILES string of the molecule is c1ccc(-c2ccc(-c3ccc(N(c4ccc5ccc6ccccc6c5c4)c4ccc(-c5cccc6ccccc56)c5oc6ccccc6c45)cc3)c3c2sc2ccccc23)cc1. The minimum atomic E-state index is 0.868. The highest BCUT2D eigenvalue weighted by Crippen LogP contribution is 2.49. The van der Waals surface area contributed by atoms with Crippen LogP contribution in [0.2, 0.25) is 0 Å². The molecule has 0 aliphatic heterocycles. The average Bonchev–Trinajstić information content (AvgIpc) is 3.94. The van der Waals surface area contributed by atoms with Crippen molar-refractivity contribution in [3.63, 3.8) is 0 Å². The molecule has 0 bridgehead atoms. The molecule has 3 heteroatoms. The summed E-state index contributed by atoms with van der Waals surface area (Å²) >= 11 is 1.88. The molecule has 13 rings (SSSR count). The molecule has 0 saturated heterocycles. The van der Waals surface area contributed by atoms with E-state index in [2.05, 4.69) is 229 Å². The molecule has 0 atom stereocenters. The molecule has 11 aromatic carbocycles. The van der Waals surface area contributed by atoms with Crippen LogP contribution in [0, 0.1) is 0 Å². The van der Waals surface area contributed by atoms with Crippen LogP contribution in [-0.4, -0.2) is 0 Å². The summed E-state index contributed by atoms with van der Waals surface area (Å²) in [6.45, 7) is 0. The van der Waals surface area contributed by atoms with Crippen LogP contribution in [0.1, 0.15) is 0 Å².